The molecular weight excluding hydrogens is 426 g/mol. The molecule has 7 nitrogen and oxygen atoms in total. The number of carbonyl (C=O) groups is 2. The molecule has 1 aliphatic rings. The smallest absolute Gasteiger partial charge is 0.243 e. The van der Waals surface area contributed by atoms with Crippen LogP contribution in [-0.2, 0) is 26.2 Å². The Bertz CT molecular complexity index is 1050. The maximum absolute atomic E-state index is 13.1. The SMILES string of the molecule is CC(=O)NC(CC(=O)NCc1ccccc1S(=O)(=O)N1CCCCC1)c1ccc(C)cc1. The van der Waals surface area contributed by atoms with Crippen molar-refractivity contribution in [2.45, 2.75) is 57.0 Å². The van der Waals surface area contributed by atoms with Crippen LogP contribution in [0.25, 0.3) is 0 Å². The Morgan fingerprint density at radius 3 is 2.31 bits per heavy atom. The van der Waals surface area contributed by atoms with Crippen molar-refractivity contribution < 1.29 is 18.0 Å². The summed E-state index contributed by atoms with van der Waals surface area (Å²) in [5.74, 6) is -0.490. The number of nitrogens with one attached hydrogen (secondary N) is 2. The first-order chi connectivity index (χ1) is 15.3. The Hall–Kier alpha value is -2.71. The van der Waals surface area contributed by atoms with E-state index < -0.39 is 16.1 Å². The van der Waals surface area contributed by atoms with Crippen LogP contribution in [0.3, 0.4) is 0 Å². The molecule has 2 N–H and O–H groups in total. The molecule has 0 bridgehead atoms. The van der Waals surface area contributed by atoms with Crippen LogP contribution in [-0.4, -0.2) is 37.6 Å². The van der Waals surface area contributed by atoms with E-state index >= 15 is 0 Å². The summed E-state index contributed by atoms with van der Waals surface area (Å²) in [7, 11) is -3.60. The Kier molecular flexibility index (Phi) is 8.04. The third-order valence-corrected chi connectivity index (χ3v) is 7.63. The minimum Gasteiger partial charge on any atom is -0.352 e. The standard InChI is InChI=1S/C24H31N3O4S/c1-18-10-12-20(13-11-18)22(26-19(2)28)16-24(29)25-17-21-8-4-5-9-23(21)32(30,31)27-14-6-3-7-15-27/h4-5,8-13,22H,3,6-7,14-17H2,1-2H3,(H,25,29)(H,26,28). The fourth-order valence-corrected chi connectivity index (χ4v) is 5.63. The molecule has 8 heteroatoms. The van der Waals surface area contributed by atoms with Crippen molar-refractivity contribution in [2.75, 3.05) is 13.1 Å². The van der Waals surface area contributed by atoms with E-state index in [1.54, 1.807) is 24.3 Å². The molecule has 1 fully saturated rings. The van der Waals surface area contributed by atoms with Gasteiger partial charge in [-0.05, 0) is 37.0 Å². The number of amides is 2. The molecule has 1 saturated heterocycles. The summed E-state index contributed by atoms with van der Waals surface area (Å²) in [5.41, 5.74) is 2.48. The van der Waals surface area contributed by atoms with Crippen LogP contribution < -0.4 is 10.6 Å². The average molecular weight is 458 g/mol. The molecule has 0 aromatic heterocycles. The third kappa shape index (κ3) is 6.17. The minimum absolute atomic E-state index is 0.0592. The number of aryl methyl sites for hydroxylation is 1. The summed E-state index contributed by atoms with van der Waals surface area (Å²) in [6.45, 7) is 4.54. The van der Waals surface area contributed by atoms with E-state index in [0.29, 0.717) is 18.7 Å². The van der Waals surface area contributed by atoms with Gasteiger partial charge in [-0.1, -0.05) is 54.4 Å². The highest BCUT2D eigenvalue weighted by Gasteiger charge is 2.28. The highest BCUT2D eigenvalue weighted by atomic mass is 32.2. The Morgan fingerprint density at radius 2 is 1.66 bits per heavy atom. The van der Waals surface area contributed by atoms with Crippen LogP contribution in [0.1, 0.15) is 55.3 Å². The first-order valence-corrected chi connectivity index (χ1v) is 12.4. The van der Waals surface area contributed by atoms with Crippen molar-refractivity contribution in [3.8, 4) is 0 Å². The molecule has 0 radical (unpaired) electrons. The molecule has 3 rings (SSSR count). The van der Waals surface area contributed by atoms with Crippen LogP contribution in [0.4, 0.5) is 0 Å². The van der Waals surface area contributed by atoms with Gasteiger partial charge in [0.2, 0.25) is 21.8 Å². The fourth-order valence-electron chi connectivity index (χ4n) is 3.89. The van der Waals surface area contributed by atoms with Crippen LogP contribution in [0.2, 0.25) is 0 Å². The largest absolute Gasteiger partial charge is 0.352 e. The van der Waals surface area contributed by atoms with E-state index in [2.05, 4.69) is 10.6 Å². The molecule has 1 atom stereocenters. The second-order valence-electron chi connectivity index (χ2n) is 8.22. The highest BCUT2D eigenvalue weighted by Crippen LogP contribution is 2.24. The van der Waals surface area contributed by atoms with Crippen LogP contribution in [0, 0.1) is 6.92 Å². The van der Waals surface area contributed by atoms with Gasteiger partial charge in [0, 0.05) is 26.6 Å². The van der Waals surface area contributed by atoms with Gasteiger partial charge in [0.05, 0.1) is 17.4 Å². The van der Waals surface area contributed by atoms with Gasteiger partial charge < -0.3 is 10.6 Å². The molecule has 0 saturated carbocycles. The van der Waals surface area contributed by atoms with Gasteiger partial charge in [-0.3, -0.25) is 9.59 Å². The normalized spacial score (nSPS) is 15.7. The molecule has 32 heavy (non-hydrogen) atoms. The lowest BCUT2D eigenvalue weighted by Crippen LogP contribution is -2.36. The zero-order valence-electron chi connectivity index (χ0n) is 18.6. The molecule has 0 spiro atoms. The third-order valence-electron chi connectivity index (χ3n) is 5.63. The number of benzene rings is 2. The molecule has 1 heterocycles. The highest BCUT2D eigenvalue weighted by molar-refractivity contribution is 7.89. The molecule has 2 aromatic carbocycles. The van der Waals surface area contributed by atoms with Gasteiger partial charge in [0.1, 0.15) is 0 Å². The molecular formula is C24H31N3O4S. The van der Waals surface area contributed by atoms with Gasteiger partial charge in [-0.2, -0.15) is 4.31 Å². The van der Waals surface area contributed by atoms with Crippen LogP contribution >= 0.6 is 0 Å². The second kappa shape index (κ2) is 10.7. The first-order valence-electron chi connectivity index (χ1n) is 11.0. The monoisotopic (exact) mass is 457 g/mol. The van der Waals surface area contributed by atoms with Crippen molar-refractivity contribution >= 4 is 21.8 Å². The number of piperidine rings is 1. The van der Waals surface area contributed by atoms with Crippen molar-refractivity contribution in [1.29, 1.82) is 0 Å². The molecule has 1 unspecified atom stereocenters. The van der Waals surface area contributed by atoms with E-state index in [0.717, 1.165) is 30.4 Å². The lowest BCUT2D eigenvalue weighted by molar-refractivity contribution is -0.122. The van der Waals surface area contributed by atoms with Crippen LogP contribution in [0.5, 0.6) is 0 Å². The number of hydrogen-bond donors (Lipinski definition) is 2. The number of carbonyl (C=O) groups excluding carboxylic acids is 2. The Balaban J connectivity index is 1.70. The quantitative estimate of drug-likeness (QED) is 0.637. The van der Waals surface area contributed by atoms with E-state index in [-0.39, 0.29) is 29.7 Å². The second-order valence-corrected chi connectivity index (χ2v) is 10.1. The summed E-state index contributed by atoms with van der Waals surface area (Å²) >= 11 is 0. The summed E-state index contributed by atoms with van der Waals surface area (Å²) < 4.78 is 27.8. The van der Waals surface area contributed by atoms with Gasteiger partial charge in [0.15, 0.2) is 0 Å². The van der Waals surface area contributed by atoms with E-state index in [1.165, 1.54) is 11.2 Å². The van der Waals surface area contributed by atoms with E-state index in [9.17, 15) is 18.0 Å². The number of rotatable bonds is 8. The molecule has 2 amide bonds. The Morgan fingerprint density at radius 1 is 1.00 bits per heavy atom. The zero-order valence-corrected chi connectivity index (χ0v) is 19.5. The van der Waals surface area contributed by atoms with Crippen molar-refractivity contribution in [3.63, 3.8) is 0 Å². The number of nitrogens with zero attached hydrogens (tertiary/aromatic N) is 1. The summed E-state index contributed by atoms with van der Waals surface area (Å²) in [4.78, 5) is 24.6. The van der Waals surface area contributed by atoms with Gasteiger partial charge >= 0.3 is 0 Å². The maximum Gasteiger partial charge on any atom is 0.243 e. The van der Waals surface area contributed by atoms with Crippen molar-refractivity contribution in [3.05, 3.63) is 65.2 Å². The average Bonchev–Trinajstić information content (AvgIpc) is 2.78. The predicted octanol–water partition coefficient (Wildman–Crippen LogP) is 3.05. The number of hydrogen-bond acceptors (Lipinski definition) is 4. The molecule has 172 valence electrons. The predicted molar refractivity (Wildman–Crippen MR) is 123 cm³/mol. The zero-order chi connectivity index (χ0) is 23.1. The van der Waals surface area contributed by atoms with Gasteiger partial charge in [-0.25, -0.2) is 8.42 Å². The van der Waals surface area contributed by atoms with Crippen LogP contribution in [0.15, 0.2) is 53.4 Å². The van der Waals surface area contributed by atoms with Gasteiger partial charge in [-0.15, -0.1) is 0 Å². The van der Waals surface area contributed by atoms with E-state index in [4.69, 9.17) is 0 Å². The summed E-state index contributed by atoms with van der Waals surface area (Å²) in [6, 6.07) is 14.0. The number of sulfonamides is 1. The first kappa shape index (κ1) is 23.9. The summed E-state index contributed by atoms with van der Waals surface area (Å²) in [6.07, 6.45) is 2.83. The van der Waals surface area contributed by atoms with Gasteiger partial charge in [0.25, 0.3) is 0 Å². The van der Waals surface area contributed by atoms with Crippen molar-refractivity contribution in [1.82, 2.24) is 14.9 Å². The topological polar surface area (TPSA) is 95.6 Å². The lowest BCUT2D eigenvalue weighted by Gasteiger charge is -2.27. The fraction of sp³-hybridized carbons (Fsp3) is 0.417. The molecule has 0 aliphatic carbocycles. The van der Waals surface area contributed by atoms with Crippen molar-refractivity contribution in [2.24, 2.45) is 0 Å². The molecule has 2 aromatic rings. The maximum atomic E-state index is 13.1. The minimum atomic E-state index is -3.60. The molecule has 1 aliphatic heterocycles. The lowest BCUT2D eigenvalue weighted by atomic mass is 10.0. The Labute approximate surface area is 190 Å². The van der Waals surface area contributed by atoms with E-state index in [1.807, 2.05) is 31.2 Å². The summed E-state index contributed by atoms with van der Waals surface area (Å²) in [5, 5.41) is 5.65.